The molecule has 0 atom stereocenters. The molecule has 0 bridgehead atoms. The summed E-state index contributed by atoms with van der Waals surface area (Å²) in [5.41, 5.74) is 2.88. The molecule has 0 saturated carbocycles. The maximum absolute atomic E-state index is 3.49. The molecule has 0 aliphatic carbocycles. The summed E-state index contributed by atoms with van der Waals surface area (Å²) in [6.45, 7) is 6.61. The lowest BCUT2D eigenvalue weighted by atomic mass is 10.1. The van der Waals surface area contributed by atoms with Crippen molar-refractivity contribution in [3.05, 3.63) is 36.0 Å². The van der Waals surface area contributed by atoms with Crippen LogP contribution < -0.4 is 5.32 Å². The van der Waals surface area contributed by atoms with Crippen LogP contribution in [0.1, 0.15) is 25.8 Å². The Morgan fingerprint density at radius 1 is 1.25 bits per heavy atom. The van der Waals surface area contributed by atoms with Gasteiger partial charge in [0.25, 0.3) is 0 Å². The number of aryl methyl sites for hydroxylation is 2. The highest BCUT2D eigenvalue weighted by atomic mass is 32.2. The van der Waals surface area contributed by atoms with Gasteiger partial charge in [0, 0.05) is 35.4 Å². The maximum Gasteiger partial charge on any atom is 0.0483 e. The fraction of sp³-hybridized carbons (Fsp3) is 0.529. The molecule has 1 aromatic heterocycles. The highest BCUT2D eigenvalue weighted by Crippen LogP contribution is 2.22. The highest BCUT2D eigenvalue weighted by molar-refractivity contribution is 7.98. The molecule has 3 heteroatoms. The van der Waals surface area contributed by atoms with Gasteiger partial charge in [-0.2, -0.15) is 11.8 Å². The monoisotopic (exact) mass is 290 g/mol. The molecule has 110 valence electrons. The van der Waals surface area contributed by atoms with Crippen molar-refractivity contribution in [2.24, 2.45) is 0 Å². The molecule has 2 rings (SSSR count). The standard InChI is InChI=1S/C17H26N2S/c1-14(2)18-10-6-7-15-13-19(11-12-20-3)17-9-5-4-8-16(15)17/h4-5,8-9,13-14,18H,6-7,10-12H2,1-3H3. The second kappa shape index (κ2) is 7.75. The molecule has 0 spiro atoms. The molecule has 0 fully saturated rings. The summed E-state index contributed by atoms with van der Waals surface area (Å²) in [6.07, 6.45) is 6.89. The van der Waals surface area contributed by atoms with Crippen molar-refractivity contribution in [2.75, 3.05) is 18.6 Å². The van der Waals surface area contributed by atoms with Crippen molar-refractivity contribution in [2.45, 2.75) is 39.3 Å². The van der Waals surface area contributed by atoms with Crippen molar-refractivity contribution < 1.29 is 0 Å². The van der Waals surface area contributed by atoms with Crippen molar-refractivity contribution in [3.8, 4) is 0 Å². The number of rotatable bonds is 8. The minimum Gasteiger partial charge on any atom is -0.346 e. The number of para-hydroxylation sites is 1. The molecule has 20 heavy (non-hydrogen) atoms. The summed E-state index contributed by atoms with van der Waals surface area (Å²) in [5.74, 6) is 1.17. The minimum absolute atomic E-state index is 0.581. The van der Waals surface area contributed by atoms with E-state index in [4.69, 9.17) is 0 Å². The first-order chi connectivity index (χ1) is 9.72. The summed E-state index contributed by atoms with van der Waals surface area (Å²) < 4.78 is 2.41. The fourth-order valence-corrected chi connectivity index (χ4v) is 2.95. The molecule has 1 heterocycles. The Labute approximate surface area is 126 Å². The van der Waals surface area contributed by atoms with Gasteiger partial charge >= 0.3 is 0 Å². The average Bonchev–Trinajstić information content (AvgIpc) is 2.80. The van der Waals surface area contributed by atoms with Gasteiger partial charge in [0.2, 0.25) is 0 Å². The highest BCUT2D eigenvalue weighted by Gasteiger charge is 2.07. The van der Waals surface area contributed by atoms with E-state index in [1.165, 1.54) is 28.6 Å². The number of hydrogen-bond donors (Lipinski definition) is 1. The zero-order valence-electron chi connectivity index (χ0n) is 12.9. The van der Waals surface area contributed by atoms with E-state index in [1.54, 1.807) is 0 Å². The van der Waals surface area contributed by atoms with E-state index in [0.29, 0.717) is 6.04 Å². The van der Waals surface area contributed by atoms with E-state index in [0.717, 1.165) is 19.5 Å². The molecule has 2 aromatic rings. The number of benzene rings is 1. The van der Waals surface area contributed by atoms with E-state index in [-0.39, 0.29) is 0 Å². The Balaban J connectivity index is 2.08. The zero-order valence-corrected chi connectivity index (χ0v) is 13.7. The smallest absolute Gasteiger partial charge is 0.0483 e. The van der Waals surface area contributed by atoms with Crippen molar-refractivity contribution >= 4 is 22.7 Å². The van der Waals surface area contributed by atoms with Gasteiger partial charge in [-0.3, -0.25) is 0 Å². The lowest BCUT2D eigenvalue weighted by Gasteiger charge is -2.07. The molecule has 0 amide bonds. The van der Waals surface area contributed by atoms with Crippen LogP contribution in [0.15, 0.2) is 30.5 Å². The maximum atomic E-state index is 3.49. The van der Waals surface area contributed by atoms with E-state index < -0.39 is 0 Å². The number of nitrogens with zero attached hydrogens (tertiary/aromatic N) is 1. The van der Waals surface area contributed by atoms with Gasteiger partial charge in [0.1, 0.15) is 0 Å². The molecule has 2 nitrogen and oxygen atoms in total. The summed E-state index contributed by atoms with van der Waals surface area (Å²) in [4.78, 5) is 0. The van der Waals surface area contributed by atoms with Gasteiger partial charge in [-0.15, -0.1) is 0 Å². The van der Waals surface area contributed by atoms with E-state index in [1.807, 2.05) is 11.8 Å². The summed E-state index contributed by atoms with van der Waals surface area (Å²) in [7, 11) is 0. The number of hydrogen-bond acceptors (Lipinski definition) is 2. The Morgan fingerprint density at radius 3 is 2.80 bits per heavy atom. The third kappa shape index (κ3) is 4.03. The number of nitrogens with one attached hydrogen (secondary N) is 1. The predicted molar refractivity (Wildman–Crippen MR) is 91.8 cm³/mol. The van der Waals surface area contributed by atoms with Gasteiger partial charge in [-0.05, 0) is 37.3 Å². The molecule has 1 aromatic carbocycles. The van der Waals surface area contributed by atoms with Crippen LogP contribution in [0.3, 0.4) is 0 Å². The van der Waals surface area contributed by atoms with Gasteiger partial charge in [-0.25, -0.2) is 0 Å². The first kappa shape index (κ1) is 15.5. The second-order valence-corrected chi connectivity index (χ2v) is 6.56. The summed E-state index contributed by atoms with van der Waals surface area (Å²) in [6, 6.07) is 9.37. The Bertz CT molecular complexity index is 531. The molecule has 0 aliphatic heterocycles. The SMILES string of the molecule is CSCCn1cc(CCCNC(C)C)c2ccccc21. The van der Waals surface area contributed by atoms with Crippen LogP contribution in [0.2, 0.25) is 0 Å². The third-order valence-electron chi connectivity index (χ3n) is 3.58. The quantitative estimate of drug-likeness (QED) is 0.742. The Hall–Kier alpha value is -0.930. The van der Waals surface area contributed by atoms with Crippen molar-refractivity contribution in [1.82, 2.24) is 9.88 Å². The summed E-state index contributed by atoms with van der Waals surface area (Å²) in [5, 5.41) is 4.92. The first-order valence-electron chi connectivity index (χ1n) is 7.51. The van der Waals surface area contributed by atoms with Crippen LogP contribution in [0.25, 0.3) is 10.9 Å². The molecular formula is C17H26N2S. The van der Waals surface area contributed by atoms with Gasteiger partial charge in [0.15, 0.2) is 0 Å². The van der Waals surface area contributed by atoms with E-state index in [2.05, 4.69) is 60.4 Å². The largest absolute Gasteiger partial charge is 0.346 e. The van der Waals surface area contributed by atoms with Crippen LogP contribution in [-0.2, 0) is 13.0 Å². The normalized spacial score (nSPS) is 11.6. The number of aromatic nitrogens is 1. The van der Waals surface area contributed by atoms with E-state index >= 15 is 0 Å². The molecule has 0 saturated heterocycles. The second-order valence-electron chi connectivity index (χ2n) is 5.57. The van der Waals surface area contributed by atoms with E-state index in [9.17, 15) is 0 Å². The van der Waals surface area contributed by atoms with Gasteiger partial charge in [-0.1, -0.05) is 32.0 Å². The lowest BCUT2D eigenvalue weighted by molar-refractivity contribution is 0.570. The van der Waals surface area contributed by atoms with Crippen LogP contribution in [0, 0.1) is 0 Å². The van der Waals surface area contributed by atoms with Gasteiger partial charge in [0.05, 0.1) is 0 Å². The summed E-state index contributed by atoms with van der Waals surface area (Å²) >= 11 is 1.91. The first-order valence-corrected chi connectivity index (χ1v) is 8.91. The number of thioether (sulfide) groups is 1. The van der Waals surface area contributed by atoms with Crippen molar-refractivity contribution in [1.29, 1.82) is 0 Å². The van der Waals surface area contributed by atoms with Crippen molar-refractivity contribution in [3.63, 3.8) is 0 Å². The Kier molecular flexibility index (Phi) is 5.99. The van der Waals surface area contributed by atoms with Crippen LogP contribution in [0.4, 0.5) is 0 Å². The zero-order chi connectivity index (χ0) is 14.4. The Morgan fingerprint density at radius 2 is 2.05 bits per heavy atom. The lowest BCUT2D eigenvalue weighted by Crippen LogP contribution is -2.23. The molecule has 0 unspecified atom stereocenters. The van der Waals surface area contributed by atoms with Gasteiger partial charge < -0.3 is 9.88 Å². The van der Waals surface area contributed by atoms with Crippen LogP contribution in [0.5, 0.6) is 0 Å². The average molecular weight is 290 g/mol. The van der Waals surface area contributed by atoms with Crippen LogP contribution in [-0.4, -0.2) is 29.2 Å². The minimum atomic E-state index is 0.581. The number of fused-ring (bicyclic) bond motifs is 1. The molecule has 0 radical (unpaired) electrons. The molecule has 0 aliphatic rings. The molecule has 1 N–H and O–H groups in total. The molecular weight excluding hydrogens is 264 g/mol. The predicted octanol–water partition coefficient (Wildman–Crippen LogP) is 3.93. The van der Waals surface area contributed by atoms with Crippen LogP contribution >= 0.6 is 11.8 Å². The third-order valence-corrected chi connectivity index (χ3v) is 4.17. The fourth-order valence-electron chi connectivity index (χ4n) is 2.57. The topological polar surface area (TPSA) is 17.0 Å².